The number of halogens is 1. The van der Waals surface area contributed by atoms with Gasteiger partial charge in [-0.1, -0.05) is 28.9 Å². The summed E-state index contributed by atoms with van der Waals surface area (Å²) in [6.07, 6.45) is 2.83. The van der Waals surface area contributed by atoms with Crippen molar-refractivity contribution in [1.82, 2.24) is 5.32 Å². The Hall–Kier alpha value is -0.680. The average Bonchev–Trinajstić information content (AvgIpc) is 2.32. The van der Waals surface area contributed by atoms with Gasteiger partial charge in [0.15, 0.2) is 0 Å². The minimum atomic E-state index is -0.826. The second-order valence-electron chi connectivity index (χ2n) is 4.70. The number of amides is 1. The molecular weight excluding hydrogens is 326 g/mol. The molecule has 0 aliphatic heterocycles. The quantitative estimate of drug-likeness (QED) is 0.861. The second kappa shape index (κ2) is 7.80. The van der Waals surface area contributed by atoms with E-state index in [0.29, 0.717) is 13.0 Å². The molecule has 0 aromatic heterocycles. The zero-order chi connectivity index (χ0) is 14.4. The van der Waals surface area contributed by atoms with Crippen LogP contribution in [-0.4, -0.2) is 28.2 Å². The number of nitrogens with one attached hydrogen (secondary N) is 1. The van der Waals surface area contributed by atoms with Crippen LogP contribution >= 0.6 is 15.9 Å². The SMILES string of the molecule is Cc1cc(Br)ccc1CC(=O)NCC[C@H](C)[S@@](C)=O. The molecule has 0 aliphatic rings. The van der Waals surface area contributed by atoms with Gasteiger partial charge in [-0.15, -0.1) is 0 Å². The minimum absolute atomic E-state index is 0.0134. The molecule has 0 saturated heterocycles. The van der Waals surface area contributed by atoms with E-state index in [-0.39, 0.29) is 11.2 Å². The highest BCUT2D eigenvalue weighted by molar-refractivity contribution is 9.10. The molecule has 0 spiro atoms. The lowest BCUT2D eigenvalue weighted by atomic mass is 10.1. The van der Waals surface area contributed by atoms with Crippen LogP contribution in [0.15, 0.2) is 22.7 Å². The van der Waals surface area contributed by atoms with Gasteiger partial charge in [-0.05, 0) is 36.6 Å². The first-order valence-corrected chi connectivity index (χ1v) is 8.65. The van der Waals surface area contributed by atoms with Crippen molar-refractivity contribution in [2.75, 3.05) is 12.8 Å². The molecule has 0 heterocycles. The number of carbonyl (C=O) groups is 1. The van der Waals surface area contributed by atoms with Crippen molar-refractivity contribution in [3.8, 4) is 0 Å². The Morgan fingerprint density at radius 2 is 2.16 bits per heavy atom. The molecule has 1 amide bonds. The Bertz CT molecular complexity index is 477. The lowest BCUT2D eigenvalue weighted by molar-refractivity contribution is -0.120. The van der Waals surface area contributed by atoms with Crippen molar-refractivity contribution >= 4 is 32.6 Å². The molecule has 2 atom stereocenters. The fraction of sp³-hybridized carbons (Fsp3) is 0.500. The van der Waals surface area contributed by atoms with Crippen LogP contribution in [0.3, 0.4) is 0 Å². The number of aryl methyl sites for hydroxylation is 1. The van der Waals surface area contributed by atoms with Gasteiger partial charge in [0.1, 0.15) is 0 Å². The number of hydrogen-bond donors (Lipinski definition) is 1. The first-order chi connectivity index (χ1) is 8.90. The third kappa shape index (κ3) is 5.87. The zero-order valence-corrected chi connectivity index (χ0v) is 13.9. The molecule has 0 unspecified atom stereocenters. The van der Waals surface area contributed by atoms with Gasteiger partial charge in [0.2, 0.25) is 5.91 Å². The molecule has 1 rings (SSSR count). The summed E-state index contributed by atoms with van der Waals surface area (Å²) in [5.41, 5.74) is 2.14. The van der Waals surface area contributed by atoms with E-state index in [1.807, 2.05) is 32.0 Å². The monoisotopic (exact) mass is 345 g/mol. The largest absolute Gasteiger partial charge is 0.356 e. The Morgan fingerprint density at radius 3 is 2.74 bits per heavy atom. The summed E-state index contributed by atoms with van der Waals surface area (Å²) in [6.45, 7) is 4.51. The highest BCUT2D eigenvalue weighted by Crippen LogP contribution is 2.16. The van der Waals surface area contributed by atoms with Crippen LogP contribution in [0, 0.1) is 6.92 Å². The maximum Gasteiger partial charge on any atom is 0.224 e. The van der Waals surface area contributed by atoms with Gasteiger partial charge in [-0.2, -0.15) is 0 Å². The van der Waals surface area contributed by atoms with E-state index in [2.05, 4.69) is 21.2 Å². The molecule has 1 N–H and O–H groups in total. The van der Waals surface area contributed by atoms with Crippen molar-refractivity contribution < 1.29 is 9.00 Å². The molecule has 106 valence electrons. The van der Waals surface area contributed by atoms with Crippen LogP contribution in [0.25, 0.3) is 0 Å². The van der Waals surface area contributed by atoms with Crippen molar-refractivity contribution in [3.63, 3.8) is 0 Å². The molecule has 19 heavy (non-hydrogen) atoms. The first kappa shape index (κ1) is 16.4. The average molecular weight is 346 g/mol. The van der Waals surface area contributed by atoms with E-state index in [0.717, 1.165) is 22.0 Å². The van der Waals surface area contributed by atoms with E-state index in [1.54, 1.807) is 6.26 Å². The Kier molecular flexibility index (Phi) is 6.72. The Labute approximate surface area is 125 Å². The maximum absolute atomic E-state index is 11.8. The summed E-state index contributed by atoms with van der Waals surface area (Å²) >= 11 is 3.40. The van der Waals surface area contributed by atoms with Gasteiger partial charge >= 0.3 is 0 Å². The molecule has 1 aromatic rings. The molecule has 0 saturated carbocycles. The third-order valence-electron chi connectivity index (χ3n) is 3.10. The smallest absolute Gasteiger partial charge is 0.224 e. The van der Waals surface area contributed by atoms with E-state index < -0.39 is 10.8 Å². The van der Waals surface area contributed by atoms with Gasteiger partial charge in [-0.25, -0.2) is 0 Å². The predicted octanol–water partition coefficient (Wildman–Crippen LogP) is 2.57. The molecule has 0 radical (unpaired) electrons. The summed E-state index contributed by atoms with van der Waals surface area (Å²) < 4.78 is 12.2. The van der Waals surface area contributed by atoms with Crippen molar-refractivity contribution in [2.24, 2.45) is 0 Å². The van der Waals surface area contributed by atoms with Crippen LogP contribution < -0.4 is 5.32 Å². The number of rotatable bonds is 6. The number of hydrogen-bond acceptors (Lipinski definition) is 2. The minimum Gasteiger partial charge on any atom is -0.356 e. The van der Waals surface area contributed by atoms with Crippen molar-refractivity contribution in [1.29, 1.82) is 0 Å². The maximum atomic E-state index is 11.8. The normalized spacial score (nSPS) is 13.9. The van der Waals surface area contributed by atoms with E-state index in [4.69, 9.17) is 0 Å². The van der Waals surface area contributed by atoms with Gasteiger partial charge in [-0.3, -0.25) is 9.00 Å². The van der Waals surface area contributed by atoms with Crippen LogP contribution in [0.4, 0.5) is 0 Å². The van der Waals surface area contributed by atoms with Gasteiger partial charge in [0.25, 0.3) is 0 Å². The van der Waals surface area contributed by atoms with E-state index in [9.17, 15) is 9.00 Å². The van der Waals surface area contributed by atoms with Crippen LogP contribution in [0.2, 0.25) is 0 Å². The van der Waals surface area contributed by atoms with Gasteiger partial charge in [0, 0.05) is 33.3 Å². The lowest BCUT2D eigenvalue weighted by Crippen LogP contribution is -2.28. The van der Waals surface area contributed by atoms with E-state index in [1.165, 1.54) is 0 Å². The molecule has 1 aromatic carbocycles. The highest BCUT2D eigenvalue weighted by Gasteiger charge is 2.09. The number of carbonyl (C=O) groups excluding carboxylic acids is 1. The summed E-state index contributed by atoms with van der Waals surface area (Å²) in [4.78, 5) is 11.8. The van der Waals surface area contributed by atoms with Gasteiger partial charge in [0.05, 0.1) is 6.42 Å². The highest BCUT2D eigenvalue weighted by atomic mass is 79.9. The third-order valence-corrected chi connectivity index (χ3v) is 4.96. The number of benzene rings is 1. The summed E-state index contributed by atoms with van der Waals surface area (Å²) in [7, 11) is -0.826. The molecule has 0 bridgehead atoms. The predicted molar refractivity (Wildman–Crippen MR) is 83.7 cm³/mol. The summed E-state index contributed by atoms with van der Waals surface area (Å²) in [6, 6.07) is 5.91. The van der Waals surface area contributed by atoms with Gasteiger partial charge < -0.3 is 5.32 Å². The first-order valence-electron chi connectivity index (χ1n) is 6.24. The molecule has 5 heteroatoms. The second-order valence-corrected chi connectivity index (χ2v) is 7.41. The Morgan fingerprint density at radius 1 is 1.47 bits per heavy atom. The fourth-order valence-electron chi connectivity index (χ4n) is 1.67. The molecule has 0 fully saturated rings. The summed E-state index contributed by atoms with van der Waals surface area (Å²) in [5, 5.41) is 2.99. The topological polar surface area (TPSA) is 46.2 Å². The summed E-state index contributed by atoms with van der Waals surface area (Å²) in [5.74, 6) is 0.0134. The van der Waals surface area contributed by atoms with Crippen LogP contribution in [0.1, 0.15) is 24.5 Å². The zero-order valence-electron chi connectivity index (χ0n) is 11.5. The molecule has 3 nitrogen and oxygen atoms in total. The van der Waals surface area contributed by atoms with Crippen molar-refractivity contribution in [2.45, 2.75) is 31.9 Å². The fourth-order valence-corrected chi connectivity index (χ4v) is 2.60. The van der Waals surface area contributed by atoms with Crippen LogP contribution in [-0.2, 0) is 22.0 Å². The standard InChI is InChI=1S/C14H20BrNO2S/c1-10-8-13(15)5-4-12(10)9-14(17)16-7-6-11(2)19(3)18/h4-5,8,11H,6-7,9H2,1-3H3,(H,16,17)/t11-,19+/m0/s1. The lowest BCUT2D eigenvalue weighted by Gasteiger charge is -2.10. The van der Waals surface area contributed by atoms with Crippen molar-refractivity contribution in [3.05, 3.63) is 33.8 Å². The molecule has 0 aliphatic carbocycles. The Balaban J connectivity index is 2.41. The molecular formula is C14H20BrNO2S. The van der Waals surface area contributed by atoms with E-state index >= 15 is 0 Å². The van der Waals surface area contributed by atoms with Crippen LogP contribution in [0.5, 0.6) is 0 Å².